The van der Waals surface area contributed by atoms with Crippen LogP contribution in [0.3, 0.4) is 0 Å². The third-order valence-electron chi connectivity index (χ3n) is 2.28. The molecule has 1 N–H and O–H groups in total. The number of halogens is 1. The van der Waals surface area contributed by atoms with Crippen LogP contribution in [0.4, 0.5) is 4.39 Å². The van der Waals surface area contributed by atoms with Crippen molar-refractivity contribution in [2.45, 2.75) is 22.9 Å². The van der Waals surface area contributed by atoms with E-state index in [1.165, 1.54) is 17.8 Å². The number of hydrogen-bond donors (Lipinski definition) is 1. The van der Waals surface area contributed by atoms with Crippen LogP contribution < -0.4 is 0 Å². The largest absolute Gasteiger partial charge is 0.389 e. The van der Waals surface area contributed by atoms with Gasteiger partial charge >= 0.3 is 0 Å². The minimum Gasteiger partial charge on any atom is -0.389 e. The molecule has 17 heavy (non-hydrogen) atoms. The van der Waals surface area contributed by atoms with Gasteiger partial charge < -0.3 is 5.11 Å². The summed E-state index contributed by atoms with van der Waals surface area (Å²) in [5.41, 5.74) is 0.322. The Morgan fingerprint density at radius 2 is 2.06 bits per heavy atom. The fourth-order valence-corrected chi connectivity index (χ4v) is 2.54. The summed E-state index contributed by atoms with van der Waals surface area (Å²) in [6, 6.07) is 10.3. The molecular formula is C13H12FNOS. The molecule has 0 spiro atoms. The number of aromatic nitrogens is 1. The van der Waals surface area contributed by atoms with Crippen LogP contribution in [0.25, 0.3) is 0 Å². The second-order valence-electron chi connectivity index (χ2n) is 3.60. The Bertz CT molecular complexity index is 502. The second-order valence-corrected chi connectivity index (χ2v) is 4.66. The van der Waals surface area contributed by atoms with Crippen LogP contribution in [0.5, 0.6) is 0 Å². The summed E-state index contributed by atoms with van der Waals surface area (Å²) in [6.45, 7) is 1.56. The molecule has 88 valence electrons. The average molecular weight is 249 g/mol. The molecule has 0 radical (unpaired) electrons. The quantitative estimate of drug-likeness (QED) is 0.904. The minimum atomic E-state index is -0.831. The summed E-state index contributed by atoms with van der Waals surface area (Å²) in [5.74, 6) is -0.388. The van der Waals surface area contributed by atoms with Gasteiger partial charge in [-0.2, -0.15) is 0 Å². The molecule has 1 heterocycles. The molecule has 0 fully saturated rings. The molecule has 0 bridgehead atoms. The van der Waals surface area contributed by atoms with Crippen LogP contribution in [-0.4, -0.2) is 10.1 Å². The number of benzene rings is 1. The fourth-order valence-electron chi connectivity index (χ4n) is 1.53. The van der Waals surface area contributed by atoms with E-state index >= 15 is 0 Å². The zero-order valence-corrected chi connectivity index (χ0v) is 10.1. The zero-order valence-electron chi connectivity index (χ0n) is 9.30. The lowest BCUT2D eigenvalue weighted by Crippen LogP contribution is -1.98. The number of pyridine rings is 1. The van der Waals surface area contributed by atoms with Crippen molar-refractivity contribution < 1.29 is 9.50 Å². The lowest BCUT2D eigenvalue weighted by atomic mass is 10.1. The van der Waals surface area contributed by atoms with Gasteiger partial charge in [0.15, 0.2) is 0 Å². The van der Waals surface area contributed by atoms with Gasteiger partial charge in [0.2, 0.25) is 0 Å². The molecule has 0 saturated heterocycles. The Hall–Kier alpha value is -1.39. The summed E-state index contributed by atoms with van der Waals surface area (Å²) in [4.78, 5) is 4.86. The minimum absolute atomic E-state index is 0.322. The van der Waals surface area contributed by atoms with Crippen molar-refractivity contribution in [1.82, 2.24) is 4.98 Å². The normalized spacial score (nSPS) is 12.4. The molecule has 2 aromatic rings. The van der Waals surface area contributed by atoms with Gasteiger partial charge in [0.1, 0.15) is 10.8 Å². The molecule has 0 unspecified atom stereocenters. The summed E-state index contributed by atoms with van der Waals surface area (Å²) < 4.78 is 13.6. The highest BCUT2D eigenvalue weighted by Crippen LogP contribution is 2.33. The van der Waals surface area contributed by atoms with Crippen molar-refractivity contribution in [1.29, 1.82) is 0 Å². The van der Waals surface area contributed by atoms with Gasteiger partial charge in [-0.25, -0.2) is 9.37 Å². The van der Waals surface area contributed by atoms with Crippen LogP contribution in [0, 0.1) is 5.82 Å². The van der Waals surface area contributed by atoms with Gasteiger partial charge in [-0.05, 0) is 31.2 Å². The van der Waals surface area contributed by atoms with Crippen molar-refractivity contribution in [3.8, 4) is 0 Å². The second kappa shape index (κ2) is 5.29. The third-order valence-corrected chi connectivity index (χ3v) is 3.31. The summed E-state index contributed by atoms with van der Waals surface area (Å²) in [6.07, 6.45) is 0.853. The molecule has 0 aliphatic carbocycles. The van der Waals surface area contributed by atoms with Crippen molar-refractivity contribution in [2.75, 3.05) is 0 Å². The van der Waals surface area contributed by atoms with Crippen LogP contribution in [-0.2, 0) is 0 Å². The first-order valence-electron chi connectivity index (χ1n) is 5.24. The van der Waals surface area contributed by atoms with E-state index in [1.807, 2.05) is 18.2 Å². The van der Waals surface area contributed by atoms with Crippen molar-refractivity contribution in [2.24, 2.45) is 0 Å². The predicted octanol–water partition coefficient (Wildman–Crippen LogP) is 3.43. The maximum Gasteiger partial charge on any atom is 0.130 e. The molecule has 1 atom stereocenters. The Morgan fingerprint density at radius 1 is 1.24 bits per heavy atom. The van der Waals surface area contributed by atoms with Gasteiger partial charge in [-0.1, -0.05) is 23.9 Å². The summed E-state index contributed by atoms with van der Waals surface area (Å²) >= 11 is 1.35. The van der Waals surface area contributed by atoms with Crippen LogP contribution >= 0.6 is 11.8 Å². The topological polar surface area (TPSA) is 33.1 Å². The molecule has 4 heteroatoms. The van der Waals surface area contributed by atoms with E-state index in [9.17, 15) is 9.50 Å². The van der Waals surface area contributed by atoms with E-state index in [0.29, 0.717) is 10.5 Å². The van der Waals surface area contributed by atoms with Crippen LogP contribution in [0.15, 0.2) is 52.5 Å². The molecule has 2 rings (SSSR count). The van der Waals surface area contributed by atoms with Crippen LogP contribution in [0.2, 0.25) is 0 Å². The third kappa shape index (κ3) is 2.84. The lowest BCUT2D eigenvalue weighted by molar-refractivity contribution is 0.191. The zero-order chi connectivity index (χ0) is 12.3. The standard InChI is InChI=1S/C13H12FNOS/c1-9(16)13-10(14)5-4-6-11(13)17-12-7-2-3-8-15-12/h2-9,16H,1H3/t9-/m1/s1. The van der Waals surface area contributed by atoms with E-state index in [1.54, 1.807) is 25.3 Å². The number of nitrogens with zero attached hydrogens (tertiary/aromatic N) is 1. The molecule has 1 aromatic heterocycles. The van der Waals surface area contributed by atoms with Crippen molar-refractivity contribution in [3.63, 3.8) is 0 Å². The maximum absolute atomic E-state index is 13.6. The predicted molar refractivity (Wildman–Crippen MR) is 65.4 cm³/mol. The fraction of sp³-hybridized carbons (Fsp3) is 0.154. The van der Waals surface area contributed by atoms with E-state index in [2.05, 4.69) is 4.98 Å². The smallest absolute Gasteiger partial charge is 0.130 e. The number of aliphatic hydroxyl groups excluding tert-OH is 1. The Morgan fingerprint density at radius 3 is 2.71 bits per heavy atom. The lowest BCUT2D eigenvalue weighted by Gasteiger charge is -2.11. The van der Waals surface area contributed by atoms with Crippen molar-refractivity contribution in [3.05, 3.63) is 54.0 Å². The van der Waals surface area contributed by atoms with Gasteiger partial charge in [-0.15, -0.1) is 0 Å². The van der Waals surface area contributed by atoms with E-state index in [4.69, 9.17) is 0 Å². The van der Waals surface area contributed by atoms with E-state index in [0.717, 1.165) is 5.03 Å². The molecule has 0 aliphatic rings. The molecular weight excluding hydrogens is 237 g/mol. The summed E-state index contributed by atoms with van der Waals surface area (Å²) in [7, 11) is 0. The Labute approximate surface area is 104 Å². The molecule has 0 amide bonds. The average Bonchev–Trinajstić information content (AvgIpc) is 2.30. The highest BCUT2D eigenvalue weighted by atomic mass is 32.2. The van der Waals surface area contributed by atoms with Crippen LogP contribution in [0.1, 0.15) is 18.6 Å². The van der Waals surface area contributed by atoms with E-state index < -0.39 is 6.10 Å². The van der Waals surface area contributed by atoms with Gasteiger partial charge in [-0.3, -0.25) is 0 Å². The number of hydrogen-bond acceptors (Lipinski definition) is 3. The first-order chi connectivity index (χ1) is 8.18. The van der Waals surface area contributed by atoms with Gasteiger partial charge in [0.25, 0.3) is 0 Å². The summed E-state index contributed by atoms with van der Waals surface area (Å²) in [5, 5.41) is 10.4. The SMILES string of the molecule is C[C@@H](O)c1c(F)cccc1Sc1ccccn1. The Balaban J connectivity index is 2.36. The molecule has 0 saturated carbocycles. The van der Waals surface area contributed by atoms with Gasteiger partial charge in [0, 0.05) is 16.7 Å². The maximum atomic E-state index is 13.6. The molecule has 0 aliphatic heterocycles. The molecule has 2 nitrogen and oxygen atoms in total. The molecule has 1 aromatic carbocycles. The highest BCUT2D eigenvalue weighted by Gasteiger charge is 2.14. The Kier molecular flexibility index (Phi) is 3.76. The monoisotopic (exact) mass is 249 g/mol. The number of rotatable bonds is 3. The van der Waals surface area contributed by atoms with Gasteiger partial charge in [0.05, 0.1) is 6.10 Å². The first kappa shape index (κ1) is 12.1. The van der Waals surface area contributed by atoms with E-state index in [-0.39, 0.29) is 5.82 Å². The van der Waals surface area contributed by atoms with Crippen molar-refractivity contribution >= 4 is 11.8 Å². The first-order valence-corrected chi connectivity index (χ1v) is 6.05. The number of aliphatic hydroxyl groups is 1. The highest BCUT2D eigenvalue weighted by molar-refractivity contribution is 7.99.